The molecule has 1 N–H and O–H groups in total. The van der Waals surface area contributed by atoms with Crippen LogP contribution in [0.15, 0.2) is 12.1 Å². The minimum absolute atomic E-state index is 0.109. The third-order valence-electron chi connectivity index (χ3n) is 3.12. The minimum Gasteiger partial charge on any atom is -0.382 e. The third-order valence-corrected chi connectivity index (χ3v) is 3.12. The standard InChI is InChI=1S/C13H14F2N2O/c14-12-10(7-16)1-2-11(13(12)15)17-8-9-3-5-18-6-4-9/h1-2,9,17H,3-6,8H2. The van der Waals surface area contributed by atoms with Gasteiger partial charge >= 0.3 is 0 Å². The highest BCUT2D eigenvalue weighted by atomic mass is 19.2. The summed E-state index contributed by atoms with van der Waals surface area (Å²) in [7, 11) is 0. The van der Waals surface area contributed by atoms with E-state index in [1.807, 2.05) is 0 Å². The smallest absolute Gasteiger partial charge is 0.183 e. The number of rotatable bonds is 3. The Bertz CT molecular complexity index is 465. The normalized spacial score (nSPS) is 16.3. The van der Waals surface area contributed by atoms with Crippen molar-refractivity contribution >= 4 is 5.69 Å². The summed E-state index contributed by atoms with van der Waals surface area (Å²) in [6, 6.07) is 4.29. The summed E-state index contributed by atoms with van der Waals surface area (Å²) in [6.07, 6.45) is 1.85. The van der Waals surface area contributed by atoms with E-state index < -0.39 is 11.6 Å². The van der Waals surface area contributed by atoms with Crippen LogP contribution in [0.3, 0.4) is 0 Å². The average Bonchev–Trinajstić information content (AvgIpc) is 2.42. The number of anilines is 1. The van der Waals surface area contributed by atoms with Gasteiger partial charge in [-0.25, -0.2) is 8.78 Å². The maximum atomic E-state index is 13.6. The molecule has 1 aliphatic rings. The van der Waals surface area contributed by atoms with Crippen molar-refractivity contribution in [2.75, 3.05) is 25.1 Å². The predicted molar refractivity (Wildman–Crippen MR) is 63.1 cm³/mol. The van der Waals surface area contributed by atoms with Crippen molar-refractivity contribution < 1.29 is 13.5 Å². The van der Waals surface area contributed by atoms with Crippen LogP contribution in [-0.4, -0.2) is 19.8 Å². The van der Waals surface area contributed by atoms with Crippen LogP contribution in [0.2, 0.25) is 0 Å². The van der Waals surface area contributed by atoms with Crippen molar-refractivity contribution in [3.63, 3.8) is 0 Å². The molecule has 3 nitrogen and oxygen atoms in total. The molecule has 18 heavy (non-hydrogen) atoms. The molecule has 0 unspecified atom stereocenters. The second-order valence-corrected chi connectivity index (χ2v) is 4.34. The molecule has 2 rings (SSSR count). The molecule has 1 aromatic carbocycles. The van der Waals surface area contributed by atoms with Crippen LogP contribution in [0.25, 0.3) is 0 Å². The lowest BCUT2D eigenvalue weighted by molar-refractivity contribution is 0.0699. The van der Waals surface area contributed by atoms with Gasteiger partial charge in [0.25, 0.3) is 0 Å². The SMILES string of the molecule is N#Cc1ccc(NCC2CCOCC2)c(F)c1F. The summed E-state index contributed by atoms with van der Waals surface area (Å²) >= 11 is 0. The second-order valence-electron chi connectivity index (χ2n) is 4.34. The topological polar surface area (TPSA) is 45.0 Å². The number of hydrogen-bond acceptors (Lipinski definition) is 3. The summed E-state index contributed by atoms with van der Waals surface area (Å²) in [6.45, 7) is 2.03. The van der Waals surface area contributed by atoms with E-state index in [2.05, 4.69) is 5.32 Å². The Hall–Kier alpha value is -1.67. The van der Waals surface area contributed by atoms with E-state index in [9.17, 15) is 8.78 Å². The molecule has 1 aliphatic heterocycles. The Balaban J connectivity index is 2.01. The molecule has 1 fully saturated rings. The van der Waals surface area contributed by atoms with E-state index in [0.29, 0.717) is 12.5 Å². The van der Waals surface area contributed by atoms with Crippen LogP contribution in [0.4, 0.5) is 14.5 Å². The van der Waals surface area contributed by atoms with Gasteiger partial charge in [-0.2, -0.15) is 5.26 Å². The number of ether oxygens (including phenoxy) is 1. The summed E-state index contributed by atoms with van der Waals surface area (Å²) in [5, 5.41) is 11.5. The first kappa shape index (κ1) is 12.8. The molecule has 96 valence electrons. The van der Waals surface area contributed by atoms with Gasteiger partial charge in [0, 0.05) is 19.8 Å². The summed E-state index contributed by atoms with van der Waals surface area (Å²) < 4.78 is 32.2. The van der Waals surface area contributed by atoms with Crippen molar-refractivity contribution in [2.45, 2.75) is 12.8 Å². The van der Waals surface area contributed by atoms with Crippen molar-refractivity contribution in [1.29, 1.82) is 5.26 Å². The Morgan fingerprint density at radius 1 is 1.28 bits per heavy atom. The molecular weight excluding hydrogens is 238 g/mol. The summed E-state index contributed by atoms with van der Waals surface area (Å²) in [5.74, 6) is -1.66. The highest BCUT2D eigenvalue weighted by Crippen LogP contribution is 2.22. The van der Waals surface area contributed by atoms with Gasteiger partial charge in [-0.15, -0.1) is 0 Å². The van der Waals surface area contributed by atoms with Gasteiger partial charge in [0.15, 0.2) is 11.6 Å². The molecule has 0 aromatic heterocycles. The molecule has 0 aliphatic carbocycles. The van der Waals surface area contributed by atoms with E-state index in [0.717, 1.165) is 26.1 Å². The number of nitriles is 1. The maximum Gasteiger partial charge on any atom is 0.183 e. The molecule has 0 amide bonds. The third kappa shape index (κ3) is 2.77. The van der Waals surface area contributed by atoms with Crippen LogP contribution in [0, 0.1) is 28.9 Å². The van der Waals surface area contributed by atoms with Gasteiger partial charge in [-0.3, -0.25) is 0 Å². The minimum atomic E-state index is -1.09. The highest BCUT2D eigenvalue weighted by Gasteiger charge is 2.16. The average molecular weight is 252 g/mol. The van der Waals surface area contributed by atoms with E-state index >= 15 is 0 Å². The molecule has 1 aromatic rings. The zero-order valence-electron chi connectivity index (χ0n) is 9.88. The first-order valence-electron chi connectivity index (χ1n) is 5.92. The van der Waals surface area contributed by atoms with Crippen molar-refractivity contribution in [2.24, 2.45) is 5.92 Å². The van der Waals surface area contributed by atoms with Gasteiger partial charge in [-0.05, 0) is 30.9 Å². The Kier molecular flexibility index (Phi) is 4.11. The zero-order chi connectivity index (χ0) is 13.0. The fraction of sp³-hybridized carbons (Fsp3) is 0.462. The monoisotopic (exact) mass is 252 g/mol. The van der Waals surface area contributed by atoms with E-state index in [-0.39, 0.29) is 11.3 Å². The van der Waals surface area contributed by atoms with Crippen LogP contribution < -0.4 is 5.32 Å². The number of nitrogens with one attached hydrogen (secondary N) is 1. The fourth-order valence-electron chi connectivity index (χ4n) is 1.98. The van der Waals surface area contributed by atoms with E-state index in [4.69, 9.17) is 10.00 Å². The molecule has 0 radical (unpaired) electrons. The van der Waals surface area contributed by atoms with Gasteiger partial charge in [-0.1, -0.05) is 0 Å². The molecule has 0 bridgehead atoms. The first-order valence-corrected chi connectivity index (χ1v) is 5.92. The summed E-state index contributed by atoms with van der Waals surface area (Å²) in [5.41, 5.74) is -0.165. The molecule has 5 heteroatoms. The van der Waals surface area contributed by atoms with Crippen molar-refractivity contribution in [1.82, 2.24) is 0 Å². The highest BCUT2D eigenvalue weighted by molar-refractivity contribution is 5.49. The molecule has 0 spiro atoms. The quantitative estimate of drug-likeness (QED) is 0.899. The molecule has 1 saturated heterocycles. The van der Waals surface area contributed by atoms with Crippen LogP contribution in [-0.2, 0) is 4.74 Å². The fourth-order valence-corrected chi connectivity index (χ4v) is 1.98. The zero-order valence-corrected chi connectivity index (χ0v) is 9.88. The van der Waals surface area contributed by atoms with E-state index in [1.165, 1.54) is 12.1 Å². The lowest BCUT2D eigenvalue weighted by atomic mass is 10.0. The Morgan fingerprint density at radius 2 is 2.00 bits per heavy atom. The van der Waals surface area contributed by atoms with Gasteiger partial charge < -0.3 is 10.1 Å². The van der Waals surface area contributed by atoms with Crippen LogP contribution in [0.1, 0.15) is 18.4 Å². The van der Waals surface area contributed by atoms with E-state index in [1.54, 1.807) is 6.07 Å². The predicted octanol–water partition coefficient (Wildman–Crippen LogP) is 2.67. The molecule has 1 heterocycles. The maximum absolute atomic E-state index is 13.6. The number of halogens is 2. The Morgan fingerprint density at radius 3 is 2.67 bits per heavy atom. The number of nitrogens with zero attached hydrogens (tertiary/aromatic N) is 1. The van der Waals surface area contributed by atoms with Crippen LogP contribution >= 0.6 is 0 Å². The molecule has 0 saturated carbocycles. The van der Waals surface area contributed by atoms with Gasteiger partial charge in [0.2, 0.25) is 0 Å². The van der Waals surface area contributed by atoms with Crippen molar-refractivity contribution in [3.8, 4) is 6.07 Å². The lowest BCUT2D eigenvalue weighted by Gasteiger charge is -2.22. The number of benzene rings is 1. The largest absolute Gasteiger partial charge is 0.382 e. The van der Waals surface area contributed by atoms with Crippen molar-refractivity contribution in [3.05, 3.63) is 29.3 Å². The Labute approximate surface area is 104 Å². The first-order chi connectivity index (χ1) is 8.72. The summed E-state index contributed by atoms with van der Waals surface area (Å²) in [4.78, 5) is 0. The second kappa shape index (κ2) is 5.78. The van der Waals surface area contributed by atoms with Crippen LogP contribution in [0.5, 0.6) is 0 Å². The van der Waals surface area contributed by atoms with Gasteiger partial charge in [0.05, 0.1) is 11.3 Å². The molecule has 0 atom stereocenters. The van der Waals surface area contributed by atoms with Gasteiger partial charge in [0.1, 0.15) is 6.07 Å². The molecular formula is C13H14F2N2O. The lowest BCUT2D eigenvalue weighted by Crippen LogP contribution is -2.23. The number of hydrogen-bond donors (Lipinski definition) is 1.